The van der Waals surface area contributed by atoms with Gasteiger partial charge in [-0.2, -0.15) is 0 Å². The van der Waals surface area contributed by atoms with Gasteiger partial charge in [0.1, 0.15) is 17.5 Å². The number of aryl methyl sites for hydroxylation is 1. The summed E-state index contributed by atoms with van der Waals surface area (Å²) in [6.45, 7) is 10.2. The molecule has 5 heteroatoms. The van der Waals surface area contributed by atoms with Gasteiger partial charge in [0.05, 0.1) is 18.8 Å². The van der Waals surface area contributed by atoms with Crippen molar-refractivity contribution in [3.8, 4) is 0 Å². The van der Waals surface area contributed by atoms with Crippen LogP contribution in [-0.4, -0.2) is 42.3 Å². The van der Waals surface area contributed by atoms with E-state index in [0.29, 0.717) is 6.04 Å². The molecule has 0 amide bonds. The second-order valence-corrected chi connectivity index (χ2v) is 5.58. The first-order valence-corrected chi connectivity index (χ1v) is 7.50. The van der Waals surface area contributed by atoms with E-state index >= 15 is 0 Å². The van der Waals surface area contributed by atoms with E-state index in [2.05, 4.69) is 42.9 Å². The molecular formula is C15H26N4O. The Morgan fingerprint density at radius 2 is 2.10 bits per heavy atom. The van der Waals surface area contributed by atoms with Crippen LogP contribution in [0.3, 0.4) is 0 Å². The lowest BCUT2D eigenvalue weighted by atomic mass is 10.1. The van der Waals surface area contributed by atoms with Gasteiger partial charge in [-0.15, -0.1) is 0 Å². The third-order valence-corrected chi connectivity index (χ3v) is 3.76. The average Bonchev–Trinajstić information content (AvgIpc) is 2.43. The molecule has 2 rings (SSSR count). The molecular weight excluding hydrogens is 252 g/mol. The lowest BCUT2D eigenvalue weighted by molar-refractivity contribution is 0.0340. The van der Waals surface area contributed by atoms with Crippen LogP contribution >= 0.6 is 0 Å². The molecule has 2 unspecified atom stereocenters. The van der Waals surface area contributed by atoms with Gasteiger partial charge in [0.2, 0.25) is 0 Å². The molecule has 20 heavy (non-hydrogen) atoms. The van der Waals surface area contributed by atoms with Gasteiger partial charge in [0, 0.05) is 25.6 Å². The normalized spacial score (nSPS) is 22.9. The minimum atomic E-state index is 0.244. The first kappa shape index (κ1) is 15.0. The van der Waals surface area contributed by atoms with Gasteiger partial charge < -0.3 is 15.0 Å². The van der Waals surface area contributed by atoms with Crippen LogP contribution in [0.5, 0.6) is 0 Å². The molecule has 0 bridgehead atoms. The van der Waals surface area contributed by atoms with Crippen molar-refractivity contribution in [2.45, 2.75) is 52.7 Å². The molecule has 2 heterocycles. The molecule has 1 aliphatic heterocycles. The average molecular weight is 278 g/mol. The number of hydrogen-bond donors (Lipinski definition) is 1. The van der Waals surface area contributed by atoms with Crippen LogP contribution in [0, 0.1) is 6.92 Å². The summed E-state index contributed by atoms with van der Waals surface area (Å²) in [4.78, 5) is 11.8. The summed E-state index contributed by atoms with van der Waals surface area (Å²) in [6, 6.07) is 0.346. The standard InChI is InChI=1S/C15H26N4O/c1-6-7-13-17-14(16-5)12(4)15(18-13)19-8-11(3)20-9-10(19)2/h10-11H,6-9H2,1-5H3,(H,16,17,18). The van der Waals surface area contributed by atoms with E-state index in [1.807, 2.05) is 7.05 Å². The zero-order valence-corrected chi connectivity index (χ0v) is 13.2. The number of anilines is 2. The molecule has 1 N–H and O–H groups in total. The molecule has 1 aromatic rings. The number of nitrogens with one attached hydrogen (secondary N) is 1. The summed E-state index contributed by atoms with van der Waals surface area (Å²) in [7, 11) is 1.92. The van der Waals surface area contributed by atoms with E-state index in [4.69, 9.17) is 9.72 Å². The number of ether oxygens (including phenoxy) is 1. The Labute approximate surface area is 121 Å². The second kappa shape index (κ2) is 6.39. The molecule has 0 aromatic carbocycles. The summed E-state index contributed by atoms with van der Waals surface area (Å²) in [5, 5.41) is 3.19. The SMILES string of the molecule is CCCc1nc(NC)c(C)c(N2CC(C)OCC2C)n1. The number of aromatic nitrogens is 2. The van der Waals surface area contributed by atoms with Crippen molar-refractivity contribution >= 4 is 11.6 Å². The number of nitrogens with zero attached hydrogens (tertiary/aromatic N) is 3. The van der Waals surface area contributed by atoms with Crippen LogP contribution in [0.15, 0.2) is 0 Å². The Kier molecular flexibility index (Phi) is 4.81. The molecule has 1 saturated heterocycles. The maximum absolute atomic E-state index is 5.72. The molecule has 2 atom stereocenters. The summed E-state index contributed by atoms with van der Waals surface area (Å²) < 4.78 is 5.72. The highest BCUT2D eigenvalue weighted by Gasteiger charge is 2.27. The smallest absolute Gasteiger partial charge is 0.137 e. The van der Waals surface area contributed by atoms with Gasteiger partial charge in [0.15, 0.2) is 0 Å². The number of rotatable bonds is 4. The van der Waals surface area contributed by atoms with Crippen molar-refractivity contribution in [1.82, 2.24) is 9.97 Å². The first-order valence-electron chi connectivity index (χ1n) is 7.50. The maximum atomic E-state index is 5.72. The van der Waals surface area contributed by atoms with Gasteiger partial charge in [-0.3, -0.25) is 0 Å². The largest absolute Gasteiger partial charge is 0.375 e. The van der Waals surface area contributed by atoms with Gasteiger partial charge in [-0.25, -0.2) is 9.97 Å². The van der Waals surface area contributed by atoms with Crippen LogP contribution in [0.25, 0.3) is 0 Å². The van der Waals surface area contributed by atoms with Crippen LogP contribution in [-0.2, 0) is 11.2 Å². The van der Waals surface area contributed by atoms with Gasteiger partial charge in [0.25, 0.3) is 0 Å². The molecule has 1 fully saturated rings. The van der Waals surface area contributed by atoms with Crippen LogP contribution < -0.4 is 10.2 Å². The Bertz CT molecular complexity index is 463. The summed E-state index contributed by atoms with van der Waals surface area (Å²) >= 11 is 0. The molecule has 0 radical (unpaired) electrons. The van der Waals surface area contributed by atoms with Gasteiger partial charge >= 0.3 is 0 Å². The summed E-state index contributed by atoms with van der Waals surface area (Å²) in [6.07, 6.45) is 2.21. The number of hydrogen-bond acceptors (Lipinski definition) is 5. The lowest BCUT2D eigenvalue weighted by Crippen LogP contribution is -2.48. The molecule has 5 nitrogen and oxygen atoms in total. The van der Waals surface area contributed by atoms with E-state index in [1.165, 1.54) is 0 Å². The van der Waals surface area contributed by atoms with Crippen LogP contribution in [0.2, 0.25) is 0 Å². The molecule has 0 saturated carbocycles. The third kappa shape index (κ3) is 3.03. The quantitative estimate of drug-likeness (QED) is 0.916. The third-order valence-electron chi connectivity index (χ3n) is 3.76. The van der Waals surface area contributed by atoms with Gasteiger partial charge in [-0.05, 0) is 27.2 Å². The Balaban J connectivity index is 2.40. The molecule has 112 valence electrons. The summed E-state index contributed by atoms with van der Waals surface area (Å²) in [5.74, 6) is 2.91. The molecule has 1 aromatic heterocycles. The minimum Gasteiger partial charge on any atom is -0.375 e. The fraction of sp³-hybridized carbons (Fsp3) is 0.733. The van der Waals surface area contributed by atoms with E-state index in [0.717, 1.165) is 49.0 Å². The van der Waals surface area contributed by atoms with Crippen LogP contribution in [0.1, 0.15) is 38.6 Å². The zero-order chi connectivity index (χ0) is 14.7. The number of morpholine rings is 1. The maximum Gasteiger partial charge on any atom is 0.137 e. The zero-order valence-electron chi connectivity index (χ0n) is 13.2. The van der Waals surface area contributed by atoms with Crippen molar-refractivity contribution in [2.75, 3.05) is 30.4 Å². The first-order chi connectivity index (χ1) is 9.56. The fourth-order valence-corrected chi connectivity index (χ4v) is 2.61. The predicted molar refractivity (Wildman–Crippen MR) is 82.5 cm³/mol. The van der Waals surface area contributed by atoms with Crippen LogP contribution in [0.4, 0.5) is 11.6 Å². The van der Waals surface area contributed by atoms with E-state index < -0.39 is 0 Å². The lowest BCUT2D eigenvalue weighted by Gasteiger charge is -2.38. The van der Waals surface area contributed by atoms with Gasteiger partial charge in [-0.1, -0.05) is 6.92 Å². The predicted octanol–water partition coefficient (Wildman–Crippen LogP) is 2.39. The molecule has 0 spiro atoms. The monoisotopic (exact) mass is 278 g/mol. The van der Waals surface area contributed by atoms with E-state index in [1.54, 1.807) is 0 Å². The second-order valence-electron chi connectivity index (χ2n) is 5.58. The Morgan fingerprint density at radius 1 is 1.35 bits per heavy atom. The van der Waals surface area contributed by atoms with Crippen molar-refractivity contribution in [1.29, 1.82) is 0 Å². The highest BCUT2D eigenvalue weighted by molar-refractivity contribution is 5.59. The molecule has 1 aliphatic rings. The fourth-order valence-electron chi connectivity index (χ4n) is 2.61. The highest BCUT2D eigenvalue weighted by Crippen LogP contribution is 2.27. The van der Waals surface area contributed by atoms with E-state index in [-0.39, 0.29) is 6.10 Å². The van der Waals surface area contributed by atoms with Crippen molar-refractivity contribution < 1.29 is 4.74 Å². The van der Waals surface area contributed by atoms with E-state index in [9.17, 15) is 0 Å². The van der Waals surface area contributed by atoms with Crippen molar-refractivity contribution in [3.63, 3.8) is 0 Å². The molecule has 0 aliphatic carbocycles. The van der Waals surface area contributed by atoms with Crippen molar-refractivity contribution in [3.05, 3.63) is 11.4 Å². The topological polar surface area (TPSA) is 50.3 Å². The minimum absolute atomic E-state index is 0.244. The van der Waals surface area contributed by atoms with Crippen molar-refractivity contribution in [2.24, 2.45) is 0 Å². The highest BCUT2D eigenvalue weighted by atomic mass is 16.5. The Hall–Kier alpha value is -1.36. The Morgan fingerprint density at radius 3 is 2.75 bits per heavy atom. The summed E-state index contributed by atoms with van der Waals surface area (Å²) in [5.41, 5.74) is 1.12.